The summed E-state index contributed by atoms with van der Waals surface area (Å²) in [4.78, 5) is 27.1. The summed E-state index contributed by atoms with van der Waals surface area (Å²) in [6.45, 7) is 1.69. The summed E-state index contributed by atoms with van der Waals surface area (Å²) in [7, 11) is 0. The highest BCUT2D eigenvalue weighted by Crippen LogP contribution is 2.19. The van der Waals surface area contributed by atoms with Crippen molar-refractivity contribution in [2.75, 3.05) is 11.1 Å². The lowest BCUT2D eigenvalue weighted by Gasteiger charge is -2.16. The molecule has 1 aliphatic carbocycles. The number of anilines is 2. The van der Waals surface area contributed by atoms with Gasteiger partial charge in [-0.1, -0.05) is 0 Å². The van der Waals surface area contributed by atoms with Crippen LogP contribution in [0.4, 0.5) is 11.5 Å². The van der Waals surface area contributed by atoms with Crippen molar-refractivity contribution >= 4 is 23.3 Å². The first-order valence-electron chi connectivity index (χ1n) is 6.09. The fraction of sp³-hybridized carbons (Fsp3) is 0.417. The number of aromatic nitrogens is 1. The number of hydrogen-bond acceptors (Lipinski definition) is 5. The highest BCUT2D eigenvalue weighted by Gasteiger charge is 2.26. The Bertz CT molecular complexity index is 513. The van der Waals surface area contributed by atoms with Crippen molar-refractivity contribution in [2.24, 2.45) is 5.73 Å². The fourth-order valence-electron chi connectivity index (χ4n) is 1.61. The average Bonchev–Trinajstić information content (AvgIpc) is 3.14. The number of amides is 2. The molecule has 1 aromatic heterocycles. The first kappa shape index (κ1) is 13.1. The Kier molecular flexibility index (Phi) is 3.55. The van der Waals surface area contributed by atoms with Crippen LogP contribution in [-0.2, 0) is 4.79 Å². The van der Waals surface area contributed by atoms with Crippen LogP contribution in [0.2, 0.25) is 0 Å². The molecule has 0 aliphatic heterocycles. The molecule has 1 fully saturated rings. The molecule has 0 aromatic carbocycles. The van der Waals surface area contributed by atoms with Gasteiger partial charge in [-0.3, -0.25) is 9.59 Å². The van der Waals surface area contributed by atoms with Gasteiger partial charge < -0.3 is 22.1 Å². The first-order chi connectivity index (χ1) is 8.97. The minimum absolute atomic E-state index is 0.128. The molecule has 0 bridgehead atoms. The topological polar surface area (TPSA) is 123 Å². The maximum atomic E-state index is 11.8. The lowest BCUT2D eigenvalue weighted by atomic mass is 10.2. The van der Waals surface area contributed by atoms with E-state index in [0.29, 0.717) is 5.69 Å². The molecule has 1 aliphatic rings. The molecule has 1 unspecified atom stereocenters. The molecule has 6 N–H and O–H groups in total. The second kappa shape index (κ2) is 5.13. The van der Waals surface area contributed by atoms with Gasteiger partial charge >= 0.3 is 0 Å². The van der Waals surface area contributed by atoms with E-state index in [1.54, 1.807) is 6.92 Å². The van der Waals surface area contributed by atoms with E-state index in [1.807, 2.05) is 0 Å². The second-order valence-electron chi connectivity index (χ2n) is 4.68. The smallest absolute Gasteiger partial charge is 0.252 e. The van der Waals surface area contributed by atoms with Crippen LogP contribution in [-0.4, -0.2) is 28.9 Å². The molecule has 2 rings (SSSR count). The normalized spacial score (nSPS) is 15.6. The van der Waals surface area contributed by atoms with Crippen molar-refractivity contribution in [3.05, 3.63) is 17.8 Å². The van der Waals surface area contributed by atoms with Gasteiger partial charge in [0.15, 0.2) is 0 Å². The summed E-state index contributed by atoms with van der Waals surface area (Å²) in [5, 5.41) is 5.74. The molecule has 1 saturated carbocycles. The third-order valence-corrected chi connectivity index (χ3v) is 2.84. The van der Waals surface area contributed by atoms with E-state index in [4.69, 9.17) is 11.5 Å². The van der Waals surface area contributed by atoms with E-state index < -0.39 is 11.9 Å². The van der Waals surface area contributed by atoms with E-state index in [0.717, 1.165) is 12.8 Å². The molecule has 2 amide bonds. The summed E-state index contributed by atoms with van der Waals surface area (Å²) >= 11 is 0. The van der Waals surface area contributed by atoms with Crippen molar-refractivity contribution in [3.8, 4) is 0 Å². The number of carbonyl (C=O) groups excluding carboxylic acids is 2. The van der Waals surface area contributed by atoms with Crippen LogP contribution in [0.1, 0.15) is 30.1 Å². The zero-order chi connectivity index (χ0) is 14.0. The van der Waals surface area contributed by atoms with E-state index in [9.17, 15) is 9.59 Å². The predicted molar refractivity (Wildman–Crippen MR) is 71.4 cm³/mol. The van der Waals surface area contributed by atoms with E-state index in [1.165, 1.54) is 12.3 Å². The van der Waals surface area contributed by atoms with Crippen molar-refractivity contribution in [1.82, 2.24) is 10.3 Å². The Balaban J connectivity index is 2.08. The highest BCUT2D eigenvalue weighted by atomic mass is 16.2. The van der Waals surface area contributed by atoms with Gasteiger partial charge in [0.05, 0.1) is 17.4 Å². The Morgan fingerprint density at radius 2 is 2.16 bits per heavy atom. The van der Waals surface area contributed by atoms with Crippen LogP contribution >= 0.6 is 0 Å². The predicted octanol–water partition coefficient (Wildman–Crippen LogP) is -0.158. The van der Waals surface area contributed by atoms with Crippen LogP contribution in [0.3, 0.4) is 0 Å². The first-order valence-corrected chi connectivity index (χ1v) is 6.09. The summed E-state index contributed by atoms with van der Waals surface area (Å²) in [6.07, 6.45) is 3.44. The molecule has 19 heavy (non-hydrogen) atoms. The maximum absolute atomic E-state index is 11.8. The largest absolute Gasteiger partial charge is 0.397 e. The van der Waals surface area contributed by atoms with Crippen LogP contribution in [0.25, 0.3) is 0 Å². The molecule has 0 radical (unpaired) electrons. The van der Waals surface area contributed by atoms with Crippen molar-refractivity contribution in [2.45, 2.75) is 31.8 Å². The number of rotatable bonds is 5. The van der Waals surface area contributed by atoms with Gasteiger partial charge in [-0.2, -0.15) is 0 Å². The molecule has 7 nitrogen and oxygen atoms in total. The summed E-state index contributed by atoms with van der Waals surface area (Å²) in [5.74, 6) is -0.506. The molecule has 102 valence electrons. The third-order valence-electron chi connectivity index (χ3n) is 2.84. The lowest BCUT2D eigenvalue weighted by molar-refractivity contribution is -0.121. The van der Waals surface area contributed by atoms with Crippen molar-refractivity contribution < 1.29 is 9.59 Å². The highest BCUT2D eigenvalue weighted by molar-refractivity contribution is 5.99. The molecule has 0 spiro atoms. The quantitative estimate of drug-likeness (QED) is 0.588. The second-order valence-corrected chi connectivity index (χ2v) is 4.68. The summed E-state index contributed by atoms with van der Waals surface area (Å²) in [6, 6.07) is 1.21. The Hall–Kier alpha value is -2.31. The number of nitrogens with two attached hydrogens (primary N) is 2. The molecule has 1 aromatic rings. The van der Waals surface area contributed by atoms with Crippen LogP contribution in [0, 0.1) is 0 Å². The molecule has 7 heteroatoms. The SMILES string of the molecule is CC(Nc1ncc(N)cc1C(N)=O)C(=O)NC1CC1. The van der Waals surface area contributed by atoms with Crippen molar-refractivity contribution in [3.63, 3.8) is 0 Å². The Morgan fingerprint density at radius 3 is 2.74 bits per heavy atom. The zero-order valence-electron chi connectivity index (χ0n) is 10.6. The van der Waals surface area contributed by atoms with Crippen LogP contribution < -0.4 is 22.1 Å². The Labute approximate surface area is 110 Å². The molecule has 0 saturated heterocycles. The van der Waals surface area contributed by atoms with Crippen LogP contribution in [0.15, 0.2) is 12.3 Å². The zero-order valence-corrected chi connectivity index (χ0v) is 10.6. The van der Waals surface area contributed by atoms with E-state index in [2.05, 4.69) is 15.6 Å². The Morgan fingerprint density at radius 1 is 1.47 bits per heavy atom. The van der Waals surface area contributed by atoms with Gasteiger partial charge in [0, 0.05) is 6.04 Å². The van der Waals surface area contributed by atoms with E-state index in [-0.39, 0.29) is 23.3 Å². The maximum Gasteiger partial charge on any atom is 0.252 e. The molecular weight excluding hydrogens is 246 g/mol. The number of pyridine rings is 1. The van der Waals surface area contributed by atoms with Crippen molar-refractivity contribution in [1.29, 1.82) is 0 Å². The monoisotopic (exact) mass is 263 g/mol. The summed E-state index contributed by atoms with van der Waals surface area (Å²) in [5.41, 5.74) is 11.3. The van der Waals surface area contributed by atoms with E-state index >= 15 is 0 Å². The van der Waals surface area contributed by atoms with Gasteiger partial charge in [-0.15, -0.1) is 0 Å². The standard InChI is InChI=1S/C12H17N5O2/c1-6(12(19)17-8-2-3-8)16-11-9(10(14)18)4-7(13)5-15-11/h4-6,8H,2-3,13H2,1H3,(H2,14,18)(H,15,16)(H,17,19). The fourth-order valence-corrected chi connectivity index (χ4v) is 1.61. The number of carbonyl (C=O) groups is 2. The third kappa shape index (κ3) is 3.34. The molecular formula is C12H17N5O2. The minimum Gasteiger partial charge on any atom is -0.397 e. The van der Waals surface area contributed by atoms with Gasteiger partial charge in [0.1, 0.15) is 11.9 Å². The van der Waals surface area contributed by atoms with Gasteiger partial charge in [0.25, 0.3) is 5.91 Å². The van der Waals surface area contributed by atoms with Gasteiger partial charge in [0.2, 0.25) is 5.91 Å². The number of hydrogen-bond donors (Lipinski definition) is 4. The number of nitrogens with zero attached hydrogens (tertiary/aromatic N) is 1. The minimum atomic E-state index is -0.642. The number of nitrogens with one attached hydrogen (secondary N) is 2. The molecule has 1 atom stereocenters. The lowest BCUT2D eigenvalue weighted by Crippen LogP contribution is -2.39. The van der Waals surface area contributed by atoms with Gasteiger partial charge in [-0.05, 0) is 25.8 Å². The van der Waals surface area contributed by atoms with Crippen LogP contribution in [0.5, 0.6) is 0 Å². The van der Waals surface area contributed by atoms with Gasteiger partial charge in [-0.25, -0.2) is 4.98 Å². The summed E-state index contributed by atoms with van der Waals surface area (Å²) < 4.78 is 0. The number of primary amides is 1. The average molecular weight is 263 g/mol. The number of nitrogen functional groups attached to an aromatic ring is 1. The molecule has 1 heterocycles.